The van der Waals surface area contributed by atoms with E-state index >= 15 is 0 Å². The number of benzene rings is 2. The number of hydrogen-bond donors (Lipinski definition) is 1. The third-order valence-electron chi connectivity index (χ3n) is 2.90. The molecule has 7 heteroatoms. The molecule has 2 rings (SSSR count). The molecule has 0 bridgehead atoms. The molecule has 0 aliphatic rings. The van der Waals surface area contributed by atoms with Crippen molar-refractivity contribution in [1.29, 1.82) is 0 Å². The molecule has 0 heterocycles. The first-order valence-electron chi connectivity index (χ1n) is 5.93. The van der Waals surface area contributed by atoms with E-state index in [9.17, 15) is 17.2 Å². The summed E-state index contributed by atoms with van der Waals surface area (Å²) in [5.74, 6) is -2.38. The van der Waals surface area contributed by atoms with Gasteiger partial charge in [-0.05, 0) is 36.4 Å². The zero-order chi connectivity index (χ0) is 15.6. The second-order valence-electron chi connectivity index (χ2n) is 4.41. The van der Waals surface area contributed by atoms with Crippen molar-refractivity contribution in [2.24, 2.45) is 0 Å². The fourth-order valence-electron chi connectivity index (χ4n) is 1.87. The van der Waals surface area contributed by atoms with Crippen LogP contribution in [-0.4, -0.2) is 15.5 Å². The van der Waals surface area contributed by atoms with Crippen molar-refractivity contribution in [3.05, 3.63) is 53.6 Å². The molecule has 0 saturated heterocycles. The Labute approximate surface area is 121 Å². The van der Waals surface area contributed by atoms with Crippen LogP contribution in [0.1, 0.15) is 5.56 Å². The van der Waals surface area contributed by atoms with Crippen LogP contribution in [-0.2, 0) is 15.6 Å². The third kappa shape index (κ3) is 3.30. The Morgan fingerprint density at radius 2 is 1.81 bits per heavy atom. The van der Waals surface area contributed by atoms with Gasteiger partial charge in [0.2, 0.25) is 0 Å². The molecule has 112 valence electrons. The molecule has 0 unspecified atom stereocenters. The summed E-state index contributed by atoms with van der Waals surface area (Å²) >= 11 is 0. The van der Waals surface area contributed by atoms with Crippen LogP contribution in [0.4, 0.5) is 14.5 Å². The zero-order valence-electron chi connectivity index (χ0n) is 11.1. The number of nitrogen functional groups attached to an aromatic ring is 1. The maximum atomic E-state index is 13.2. The molecule has 0 aromatic heterocycles. The summed E-state index contributed by atoms with van der Waals surface area (Å²) < 4.78 is 55.6. The van der Waals surface area contributed by atoms with Gasteiger partial charge in [0.15, 0.2) is 21.5 Å². The van der Waals surface area contributed by atoms with Crippen molar-refractivity contribution in [2.45, 2.75) is 10.6 Å². The van der Waals surface area contributed by atoms with Crippen molar-refractivity contribution < 1.29 is 21.9 Å². The van der Waals surface area contributed by atoms with E-state index in [0.717, 1.165) is 12.1 Å². The topological polar surface area (TPSA) is 69.4 Å². The Morgan fingerprint density at radius 3 is 2.43 bits per heavy atom. The van der Waals surface area contributed by atoms with Gasteiger partial charge in [0.05, 0.1) is 17.8 Å². The lowest BCUT2D eigenvalue weighted by molar-refractivity contribution is 0.411. The SMILES string of the molecule is COc1ccc(N)cc1CS(=O)(=O)c1ccc(F)c(F)c1. The Kier molecular flexibility index (Phi) is 4.13. The second kappa shape index (κ2) is 5.69. The van der Waals surface area contributed by atoms with E-state index in [1.165, 1.54) is 13.2 Å². The molecule has 0 saturated carbocycles. The summed E-state index contributed by atoms with van der Waals surface area (Å²) in [4.78, 5) is -0.300. The Balaban J connectivity index is 2.41. The molecule has 0 fully saturated rings. The number of anilines is 1. The molecule has 2 aromatic rings. The molecule has 2 N–H and O–H groups in total. The maximum absolute atomic E-state index is 13.2. The third-order valence-corrected chi connectivity index (χ3v) is 4.56. The van der Waals surface area contributed by atoms with Crippen LogP contribution >= 0.6 is 0 Å². The van der Waals surface area contributed by atoms with Crippen LogP contribution in [0.15, 0.2) is 41.3 Å². The molecule has 0 spiro atoms. The molecule has 4 nitrogen and oxygen atoms in total. The first-order valence-corrected chi connectivity index (χ1v) is 7.59. The lowest BCUT2D eigenvalue weighted by Crippen LogP contribution is -2.07. The van der Waals surface area contributed by atoms with Gasteiger partial charge in [-0.25, -0.2) is 17.2 Å². The van der Waals surface area contributed by atoms with Crippen LogP contribution in [0.3, 0.4) is 0 Å². The predicted molar refractivity (Wildman–Crippen MR) is 74.7 cm³/mol. The first-order chi connectivity index (χ1) is 9.83. The average molecular weight is 313 g/mol. The molecule has 0 amide bonds. The highest BCUT2D eigenvalue weighted by Crippen LogP contribution is 2.26. The van der Waals surface area contributed by atoms with Crippen LogP contribution in [0.25, 0.3) is 0 Å². The zero-order valence-corrected chi connectivity index (χ0v) is 12.0. The van der Waals surface area contributed by atoms with Crippen molar-refractivity contribution in [3.63, 3.8) is 0 Å². The van der Waals surface area contributed by atoms with E-state index < -0.39 is 27.2 Å². The van der Waals surface area contributed by atoms with Crippen molar-refractivity contribution in [1.82, 2.24) is 0 Å². The fourth-order valence-corrected chi connectivity index (χ4v) is 3.23. The predicted octanol–water partition coefficient (Wildman–Crippen LogP) is 2.53. The van der Waals surface area contributed by atoms with E-state index in [1.54, 1.807) is 12.1 Å². The van der Waals surface area contributed by atoms with E-state index in [2.05, 4.69) is 0 Å². The van der Waals surface area contributed by atoms with Gasteiger partial charge in [-0.15, -0.1) is 0 Å². The Morgan fingerprint density at radius 1 is 1.10 bits per heavy atom. The fraction of sp³-hybridized carbons (Fsp3) is 0.143. The summed E-state index contributed by atoms with van der Waals surface area (Å²) in [5.41, 5.74) is 6.35. The Hall–Kier alpha value is -2.15. The number of nitrogens with two attached hydrogens (primary N) is 1. The highest BCUT2D eigenvalue weighted by Gasteiger charge is 2.19. The normalized spacial score (nSPS) is 11.4. The minimum Gasteiger partial charge on any atom is -0.496 e. The molecule has 0 atom stereocenters. The quantitative estimate of drug-likeness (QED) is 0.695. The standard InChI is InChI=1S/C14H13F2NO3S/c1-20-14-5-2-10(17)6-9(14)8-21(18,19)11-3-4-12(15)13(16)7-11/h2-7H,8,17H2,1H3. The smallest absolute Gasteiger partial charge is 0.182 e. The van der Waals surface area contributed by atoms with Crippen molar-refractivity contribution in [2.75, 3.05) is 12.8 Å². The lowest BCUT2D eigenvalue weighted by Gasteiger charge is -2.10. The average Bonchev–Trinajstić information content (AvgIpc) is 2.41. The summed E-state index contributed by atoms with van der Waals surface area (Å²) in [5, 5.41) is 0. The highest BCUT2D eigenvalue weighted by molar-refractivity contribution is 7.90. The van der Waals surface area contributed by atoms with Gasteiger partial charge in [0.1, 0.15) is 5.75 Å². The molecule has 0 aliphatic heterocycles. The first kappa shape index (κ1) is 15.2. The molecular weight excluding hydrogens is 300 g/mol. The monoisotopic (exact) mass is 313 g/mol. The van der Waals surface area contributed by atoms with Gasteiger partial charge in [-0.1, -0.05) is 0 Å². The number of hydrogen-bond acceptors (Lipinski definition) is 4. The molecule has 2 aromatic carbocycles. The molecular formula is C14H13F2NO3S. The summed E-state index contributed by atoms with van der Waals surface area (Å²) in [7, 11) is -2.44. The van der Waals surface area contributed by atoms with E-state index in [-0.39, 0.29) is 4.90 Å². The Bertz CT molecular complexity index is 776. The van der Waals surface area contributed by atoms with Crippen LogP contribution in [0.2, 0.25) is 0 Å². The van der Waals surface area contributed by atoms with Gasteiger partial charge >= 0.3 is 0 Å². The maximum Gasteiger partial charge on any atom is 0.182 e. The van der Waals surface area contributed by atoms with Crippen LogP contribution in [0, 0.1) is 11.6 Å². The number of halogens is 2. The summed E-state index contributed by atoms with van der Waals surface area (Å²) in [6, 6.07) is 7.04. The number of sulfone groups is 1. The van der Waals surface area contributed by atoms with Gasteiger partial charge in [-0.3, -0.25) is 0 Å². The van der Waals surface area contributed by atoms with Crippen molar-refractivity contribution >= 4 is 15.5 Å². The minimum atomic E-state index is -3.84. The molecule has 0 aliphatic carbocycles. The van der Waals surface area contributed by atoms with Gasteiger partial charge in [-0.2, -0.15) is 0 Å². The summed E-state index contributed by atoms with van der Waals surface area (Å²) in [6.07, 6.45) is 0. The largest absolute Gasteiger partial charge is 0.496 e. The van der Waals surface area contributed by atoms with E-state index in [1.807, 2.05) is 0 Å². The van der Waals surface area contributed by atoms with Gasteiger partial charge in [0, 0.05) is 11.3 Å². The van der Waals surface area contributed by atoms with Gasteiger partial charge < -0.3 is 10.5 Å². The minimum absolute atomic E-state index is 0.300. The van der Waals surface area contributed by atoms with Crippen molar-refractivity contribution in [3.8, 4) is 5.75 Å². The van der Waals surface area contributed by atoms with Gasteiger partial charge in [0.25, 0.3) is 0 Å². The second-order valence-corrected chi connectivity index (χ2v) is 6.40. The summed E-state index contributed by atoms with van der Waals surface area (Å²) in [6.45, 7) is 0. The number of methoxy groups -OCH3 is 1. The molecule has 0 radical (unpaired) electrons. The molecule has 21 heavy (non-hydrogen) atoms. The van der Waals surface area contributed by atoms with Crippen LogP contribution in [0.5, 0.6) is 5.75 Å². The van der Waals surface area contributed by atoms with E-state index in [4.69, 9.17) is 10.5 Å². The number of ether oxygens (including phenoxy) is 1. The van der Waals surface area contributed by atoms with Crippen LogP contribution < -0.4 is 10.5 Å². The number of rotatable bonds is 4. The highest BCUT2D eigenvalue weighted by atomic mass is 32.2. The van der Waals surface area contributed by atoms with E-state index in [0.29, 0.717) is 23.1 Å². The lowest BCUT2D eigenvalue weighted by atomic mass is 10.2.